The predicted molar refractivity (Wildman–Crippen MR) is 116 cm³/mol. The number of hydrogen-bond donors (Lipinski definition) is 1. The number of carbonyl (C=O) groups is 3. The molecule has 3 heterocycles. The Bertz CT molecular complexity index is 1090. The number of carbonyl (C=O) groups excluding carboxylic acids is 3. The topological polar surface area (TPSA) is 93.5 Å². The van der Waals surface area contributed by atoms with Crippen molar-refractivity contribution in [3.63, 3.8) is 0 Å². The molecule has 0 radical (unpaired) electrons. The zero-order chi connectivity index (χ0) is 22.3. The number of piperidine rings is 1. The van der Waals surface area contributed by atoms with Crippen LogP contribution in [0.1, 0.15) is 57.2 Å². The minimum atomic E-state index is -0.508. The molecular weight excluding hydrogens is 396 g/mol. The molecule has 164 valence electrons. The highest BCUT2D eigenvalue weighted by molar-refractivity contribution is 6.02. The minimum absolute atomic E-state index is 0.228. The van der Waals surface area contributed by atoms with Gasteiger partial charge in [-0.2, -0.15) is 5.10 Å². The van der Waals surface area contributed by atoms with Crippen LogP contribution in [-0.4, -0.2) is 51.3 Å². The third-order valence-electron chi connectivity index (χ3n) is 5.68. The van der Waals surface area contributed by atoms with Gasteiger partial charge in [-0.1, -0.05) is 18.2 Å². The molecule has 1 N–H and O–H groups in total. The smallest absolute Gasteiger partial charge is 0.410 e. The van der Waals surface area contributed by atoms with Crippen molar-refractivity contribution in [2.45, 2.75) is 51.6 Å². The maximum Gasteiger partial charge on any atom is 0.410 e. The van der Waals surface area contributed by atoms with Crippen molar-refractivity contribution in [3.8, 4) is 0 Å². The van der Waals surface area contributed by atoms with Gasteiger partial charge in [-0.3, -0.25) is 19.6 Å². The minimum Gasteiger partial charge on any atom is -0.444 e. The fourth-order valence-electron chi connectivity index (χ4n) is 4.12. The second-order valence-corrected chi connectivity index (χ2v) is 9.15. The van der Waals surface area contributed by atoms with Gasteiger partial charge in [-0.05, 0) is 50.8 Å². The van der Waals surface area contributed by atoms with Crippen molar-refractivity contribution in [2.24, 2.45) is 7.05 Å². The molecule has 0 bridgehead atoms. The van der Waals surface area contributed by atoms with E-state index in [9.17, 15) is 14.4 Å². The summed E-state index contributed by atoms with van der Waals surface area (Å²) in [5.41, 5.74) is 3.39. The monoisotopic (exact) mass is 424 g/mol. The predicted octanol–water partition coefficient (Wildman–Crippen LogP) is 3.12. The number of benzene rings is 1. The summed E-state index contributed by atoms with van der Waals surface area (Å²) in [5, 5.41) is 7.94. The van der Waals surface area contributed by atoms with Crippen LogP contribution in [0.5, 0.6) is 0 Å². The Morgan fingerprint density at radius 1 is 1.23 bits per heavy atom. The molecule has 0 aliphatic carbocycles. The molecule has 1 aromatic carbocycles. The van der Waals surface area contributed by atoms with Crippen LogP contribution in [0.3, 0.4) is 0 Å². The van der Waals surface area contributed by atoms with Crippen LogP contribution in [-0.2, 0) is 21.4 Å². The number of nitrogens with zero attached hydrogens (tertiary/aromatic N) is 3. The Morgan fingerprint density at radius 2 is 2.00 bits per heavy atom. The summed E-state index contributed by atoms with van der Waals surface area (Å²) in [7, 11) is 1.86. The lowest BCUT2D eigenvalue weighted by molar-refractivity contribution is -0.134. The zero-order valence-corrected chi connectivity index (χ0v) is 18.4. The Hall–Kier alpha value is -3.16. The summed E-state index contributed by atoms with van der Waals surface area (Å²) in [6, 6.07) is 6.11. The fraction of sp³-hybridized carbons (Fsp3) is 0.478. The van der Waals surface area contributed by atoms with Crippen LogP contribution in [0.15, 0.2) is 24.3 Å². The maximum absolute atomic E-state index is 12.3. The van der Waals surface area contributed by atoms with Crippen molar-refractivity contribution in [1.82, 2.24) is 20.0 Å². The molecule has 31 heavy (non-hydrogen) atoms. The van der Waals surface area contributed by atoms with E-state index in [1.54, 1.807) is 9.58 Å². The van der Waals surface area contributed by atoms with Gasteiger partial charge >= 0.3 is 6.09 Å². The van der Waals surface area contributed by atoms with Crippen molar-refractivity contribution >= 4 is 34.4 Å². The normalized spacial score (nSPS) is 19.9. The highest BCUT2D eigenvalue weighted by Crippen LogP contribution is 2.32. The first-order valence-electron chi connectivity index (χ1n) is 10.6. The molecule has 0 saturated carbocycles. The molecule has 1 fully saturated rings. The second-order valence-electron chi connectivity index (χ2n) is 9.15. The average molecular weight is 425 g/mol. The number of imide groups is 1. The van der Waals surface area contributed by atoms with Gasteiger partial charge in [0, 0.05) is 31.9 Å². The van der Waals surface area contributed by atoms with Crippen molar-refractivity contribution in [1.29, 1.82) is 0 Å². The van der Waals surface area contributed by atoms with E-state index in [2.05, 4.69) is 22.6 Å². The number of rotatable bonds is 2. The summed E-state index contributed by atoms with van der Waals surface area (Å²) in [6.45, 7) is 6.70. The van der Waals surface area contributed by atoms with Crippen LogP contribution in [0.2, 0.25) is 0 Å². The van der Waals surface area contributed by atoms with Crippen molar-refractivity contribution in [2.75, 3.05) is 13.1 Å². The first kappa shape index (κ1) is 21.1. The van der Waals surface area contributed by atoms with Crippen LogP contribution >= 0.6 is 0 Å². The Labute approximate surface area is 181 Å². The zero-order valence-electron chi connectivity index (χ0n) is 18.4. The summed E-state index contributed by atoms with van der Waals surface area (Å²) in [4.78, 5) is 37.8. The summed E-state index contributed by atoms with van der Waals surface area (Å²) >= 11 is 0. The lowest BCUT2D eigenvalue weighted by Gasteiger charge is -2.29. The van der Waals surface area contributed by atoms with Gasteiger partial charge in [-0.15, -0.1) is 0 Å². The van der Waals surface area contributed by atoms with Gasteiger partial charge in [0.15, 0.2) is 0 Å². The Balaban J connectivity index is 1.55. The van der Waals surface area contributed by atoms with E-state index >= 15 is 0 Å². The standard InChI is InChI=1S/C23H28N4O4/c1-23(2,3)31-22(30)27-11-9-14(10-12-27)15-5-6-16-18(13-15)26(4)25-20(16)17-7-8-19(28)24-21(17)29/h5-6,9,13,17H,7-8,10-12H2,1-4H3,(H,24,28,29). The first-order chi connectivity index (χ1) is 14.6. The molecule has 8 nitrogen and oxygen atoms in total. The number of nitrogens with one attached hydrogen (secondary N) is 1. The molecule has 4 rings (SSSR count). The van der Waals surface area contributed by atoms with Gasteiger partial charge in [-0.25, -0.2) is 4.79 Å². The number of aryl methyl sites for hydroxylation is 1. The first-order valence-corrected chi connectivity index (χ1v) is 10.6. The third kappa shape index (κ3) is 4.33. The highest BCUT2D eigenvalue weighted by Gasteiger charge is 2.31. The molecule has 1 unspecified atom stereocenters. The number of fused-ring (bicyclic) bond motifs is 1. The van der Waals surface area contributed by atoms with Crippen LogP contribution in [0.4, 0.5) is 4.79 Å². The Morgan fingerprint density at radius 3 is 2.65 bits per heavy atom. The van der Waals surface area contributed by atoms with Gasteiger partial charge in [0.25, 0.3) is 0 Å². The molecule has 3 amide bonds. The fourth-order valence-corrected chi connectivity index (χ4v) is 4.12. The van der Waals surface area contributed by atoms with Gasteiger partial charge < -0.3 is 9.64 Å². The molecule has 2 aliphatic rings. The van der Waals surface area contributed by atoms with E-state index in [4.69, 9.17) is 4.74 Å². The summed E-state index contributed by atoms with van der Waals surface area (Å²) in [6.07, 6.45) is 3.31. The van der Waals surface area contributed by atoms with Crippen molar-refractivity contribution in [3.05, 3.63) is 35.5 Å². The molecule has 1 saturated heterocycles. The molecule has 2 aromatic rings. The molecule has 1 aromatic heterocycles. The molecular formula is C23H28N4O4. The number of aromatic nitrogens is 2. The Kier molecular flexibility index (Phi) is 5.33. The van der Waals surface area contributed by atoms with E-state index in [0.717, 1.165) is 22.9 Å². The number of hydrogen-bond acceptors (Lipinski definition) is 5. The number of ether oxygens (including phenoxy) is 1. The largest absolute Gasteiger partial charge is 0.444 e. The lowest BCUT2D eigenvalue weighted by Crippen LogP contribution is -2.39. The van der Waals surface area contributed by atoms with E-state index in [-0.39, 0.29) is 17.9 Å². The van der Waals surface area contributed by atoms with E-state index in [0.29, 0.717) is 31.6 Å². The third-order valence-corrected chi connectivity index (χ3v) is 5.68. The van der Waals surface area contributed by atoms with Gasteiger partial charge in [0.2, 0.25) is 11.8 Å². The SMILES string of the molecule is Cn1nc(C2CCC(=O)NC2=O)c2ccc(C3=CCN(C(=O)OC(C)(C)C)CC3)cc21. The number of amides is 3. The van der Waals surface area contributed by atoms with Crippen LogP contribution in [0, 0.1) is 0 Å². The second kappa shape index (κ2) is 7.83. The molecule has 1 atom stereocenters. The average Bonchev–Trinajstić information content (AvgIpc) is 3.03. The molecule has 2 aliphatic heterocycles. The lowest BCUT2D eigenvalue weighted by atomic mass is 9.92. The summed E-state index contributed by atoms with van der Waals surface area (Å²) < 4.78 is 7.25. The van der Waals surface area contributed by atoms with Crippen LogP contribution < -0.4 is 5.32 Å². The highest BCUT2D eigenvalue weighted by atomic mass is 16.6. The quantitative estimate of drug-likeness (QED) is 0.748. The maximum atomic E-state index is 12.3. The molecule has 8 heteroatoms. The van der Waals surface area contributed by atoms with Crippen LogP contribution in [0.25, 0.3) is 16.5 Å². The summed E-state index contributed by atoms with van der Waals surface area (Å²) in [5.74, 6) is -0.922. The van der Waals surface area contributed by atoms with Crippen molar-refractivity contribution < 1.29 is 19.1 Å². The van der Waals surface area contributed by atoms with E-state index < -0.39 is 11.5 Å². The van der Waals surface area contributed by atoms with E-state index in [1.807, 2.05) is 40.0 Å². The van der Waals surface area contributed by atoms with Gasteiger partial charge in [0.05, 0.1) is 17.1 Å². The van der Waals surface area contributed by atoms with E-state index in [1.165, 1.54) is 5.57 Å². The molecule has 0 spiro atoms. The van der Waals surface area contributed by atoms with Gasteiger partial charge in [0.1, 0.15) is 5.60 Å².